The van der Waals surface area contributed by atoms with E-state index in [1.54, 1.807) is 28.2 Å². The second-order valence-electron chi connectivity index (χ2n) is 5.02. The summed E-state index contributed by atoms with van der Waals surface area (Å²) in [6, 6.07) is 1.89. The second-order valence-corrected chi connectivity index (χ2v) is 7.31. The molecule has 1 aromatic heterocycles. The third-order valence-electron chi connectivity index (χ3n) is 3.41. The lowest BCUT2D eigenvalue weighted by atomic mass is 9.99. The molecule has 1 N–H and O–H groups in total. The summed E-state index contributed by atoms with van der Waals surface area (Å²) >= 11 is 4.98. The first-order chi connectivity index (χ1) is 9.47. The second kappa shape index (κ2) is 6.58. The van der Waals surface area contributed by atoms with Gasteiger partial charge < -0.3 is 14.9 Å². The summed E-state index contributed by atoms with van der Waals surface area (Å²) in [7, 11) is 1.75. The Balaban J connectivity index is 1.94. The number of hydrogen-bond donors (Lipinski definition) is 1. The Hall–Kier alpha value is -1.08. The number of urea groups is 1. The van der Waals surface area contributed by atoms with E-state index in [0.717, 1.165) is 15.8 Å². The molecular formula is C13H17BrN2O3S. The number of thiophene rings is 1. The van der Waals surface area contributed by atoms with Crippen LogP contribution < -0.4 is 0 Å². The van der Waals surface area contributed by atoms with Crippen LogP contribution in [0.1, 0.15) is 18.4 Å². The van der Waals surface area contributed by atoms with E-state index in [1.807, 2.05) is 11.4 Å². The Kier molecular flexibility index (Phi) is 5.04. The van der Waals surface area contributed by atoms with Crippen molar-refractivity contribution in [3.8, 4) is 0 Å². The lowest BCUT2D eigenvalue weighted by Gasteiger charge is -2.33. The Morgan fingerprint density at radius 3 is 2.95 bits per heavy atom. The largest absolute Gasteiger partial charge is 0.481 e. The summed E-state index contributed by atoms with van der Waals surface area (Å²) in [6.07, 6.45) is 1.40. The average molecular weight is 361 g/mol. The van der Waals surface area contributed by atoms with Crippen LogP contribution in [0.2, 0.25) is 0 Å². The first-order valence-corrected chi connectivity index (χ1v) is 8.10. The van der Waals surface area contributed by atoms with Crippen molar-refractivity contribution in [3.63, 3.8) is 0 Å². The first kappa shape index (κ1) is 15.3. The van der Waals surface area contributed by atoms with Gasteiger partial charge in [0.2, 0.25) is 0 Å². The summed E-state index contributed by atoms with van der Waals surface area (Å²) < 4.78 is 1.04. The molecule has 0 unspecified atom stereocenters. The summed E-state index contributed by atoms with van der Waals surface area (Å²) in [5.74, 6) is -1.25. The number of amides is 2. The number of aliphatic carboxylic acids is 1. The zero-order valence-corrected chi connectivity index (χ0v) is 13.6. The van der Waals surface area contributed by atoms with Crippen LogP contribution in [0.15, 0.2) is 15.2 Å². The van der Waals surface area contributed by atoms with Crippen LogP contribution in [0.4, 0.5) is 4.79 Å². The van der Waals surface area contributed by atoms with Crippen LogP contribution in [0.3, 0.4) is 0 Å². The first-order valence-electron chi connectivity index (χ1n) is 6.43. The highest BCUT2D eigenvalue weighted by Crippen LogP contribution is 2.22. The summed E-state index contributed by atoms with van der Waals surface area (Å²) in [4.78, 5) is 26.6. The van der Waals surface area contributed by atoms with Crippen molar-refractivity contribution in [2.24, 2.45) is 5.92 Å². The van der Waals surface area contributed by atoms with Gasteiger partial charge in [-0.05, 0) is 45.8 Å². The van der Waals surface area contributed by atoms with Crippen molar-refractivity contribution in [2.45, 2.75) is 19.4 Å². The number of halogens is 1. The van der Waals surface area contributed by atoms with Crippen molar-refractivity contribution in [1.29, 1.82) is 0 Å². The Morgan fingerprint density at radius 2 is 2.35 bits per heavy atom. The molecule has 1 fully saturated rings. The van der Waals surface area contributed by atoms with E-state index in [0.29, 0.717) is 26.1 Å². The van der Waals surface area contributed by atoms with Gasteiger partial charge in [-0.15, -0.1) is 11.3 Å². The van der Waals surface area contributed by atoms with Gasteiger partial charge in [-0.25, -0.2) is 4.79 Å². The van der Waals surface area contributed by atoms with E-state index in [4.69, 9.17) is 5.11 Å². The standard InChI is InChI=1S/C13H17BrN2O3S/c1-15(6-9-5-11(14)20-8-9)13(19)16-4-2-3-10(7-16)12(17)18/h5,8,10H,2-4,6-7H2,1H3,(H,17,18)/t10-/m1/s1. The van der Waals surface area contributed by atoms with E-state index < -0.39 is 11.9 Å². The van der Waals surface area contributed by atoms with E-state index in [9.17, 15) is 9.59 Å². The monoisotopic (exact) mass is 360 g/mol. The van der Waals surface area contributed by atoms with E-state index in [-0.39, 0.29) is 6.03 Å². The van der Waals surface area contributed by atoms with Gasteiger partial charge in [0, 0.05) is 26.7 Å². The van der Waals surface area contributed by atoms with Crippen LogP contribution in [0, 0.1) is 5.92 Å². The molecule has 1 aliphatic heterocycles. The molecule has 0 saturated carbocycles. The van der Waals surface area contributed by atoms with Crippen molar-refractivity contribution >= 4 is 39.3 Å². The predicted molar refractivity (Wildman–Crippen MR) is 80.8 cm³/mol. The minimum Gasteiger partial charge on any atom is -0.481 e. The number of nitrogens with zero attached hydrogens (tertiary/aromatic N) is 2. The highest BCUT2D eigenvalue weighted by atomic mass is 79.9. The van der Waals surface area contributed by atoms with Gasteiger partial charge in [0.15, 0.2) is 0 Å². The number of piperidine rings is 1. The topological polar surface area (TPSA) is 60.9 Å². The molecule has 0 aromatic carbocycles. The minimum absolute atomic E-state index is 0.0988. The van der Waals surface area contributed by atoms with Crippen LogP contribution in [-0.2, 0) is 11.3 Å². The van der Waals surface area contributed by atoms with Crippen LogP contribution in [0.25, 0.3) is 0 Å². The van der Waals surface area contributed by atoms with Crippen LogP contribution in [0.5, 0.6) is 0 Å². The number of hydrogen-bond acceptors (Lipinski definition) is 3. The molecule has 2 amide bonds. The van der Waals surface area contributed by atoms with Crippen LogP contribution >= 0.6 is 27.3 Å². The SMILES string of the molecule is CN(Cc1csc(Br)c1)C(=O)N1CCC[C@@H](C(=O)O)C1. The molecular weight excluding hydrogens is 344 g/mol. The molecule has 0 radical (unpaired) electrons. The normalized spacial score (nSPS) is 18.9. The molecule has 110 valence electrons. The zero-order chi connectivity index (χ0) is 14.7. The van der Waals surface area contributed by atoms with Gasteiger partial charge >= 0.3 is 12.0 Å². The molecule has 0 spiro atoms. The molecule has 7 heteroatoms. The summed E-state index contributed by atoms with van der Waals surface area (Å²) in [5, 5.41) is 11.1. The predicted octanol–water partition coefficient (Wildman–Crippen LogP) is 2.86. The average Bonchev–Trinajstić information content (AvgIpc) is 2.83. The van der Waals surface area contributed by atoms with Gasteiger partial charge in [0.05, 0.1) is 9.70 Å². The lowest BCUT2D eigenvalue weighted by Crippen LogP contribution is -2.47. The molecule has 2 rings (SSSR count). The fourth-order valence-corrected chi connectivity index (χ4v) is 3.56. The third-order valence-corrected chi connectivity index (χ3v) is 4.96. The highest BCUT2D eigenvalue weighted by molar-refractivity contribution is 9.11. The van der Waals surface area contributed by atoms with Crippen molar-refractivity contribution in [3.05, 3.63) is 20.8 Å². The van der Waals surface area contributed by atoms with Gasteiger partial charge in [-0.1, -0.05) is 0 Å². The van der Waals surface area contributed by atoms with E-state index in [2.05, 4.69) is 15.9 Å². The smallest absolute Gasteiger partial charge is 0.320 e. The molecule has 2 heterocycles. The van der Waals surface area contributed by atoms with Crippen molar-refractivity contribution in [2.75, 3.05) is 20.1 Å². The Morgan fingerprint density at radius 1 is 1.60 bits per heavy atom. The number of carboxylic acid groups (broad SMARTS) is 1. The summed E-state index contributed by atoms with van der Waals surface area (Å²) in [5.41, 5.74) is 1.07. The number of carbonyl (C=O) groups is 2. The number of rotatable bonds is 3. The van der Waals surface area contributed by atoms with Crippen molar-refractivity contribution in [1.82, 2.24) is 9.80 Å². The number of carbonyl (C=O) groups excluding carboxylic acids is 1. The maximum Gasteiger partial charge on any atom is 0.320 e. The fourth-order valence-electron chi connectivity index (χ4n) is 2.36. The van der Waals surface area contributed by atoms with Gasteiger partial charge in [0.1, 0.15) is 0 Å². The molecule has 0 bridgehead atoms. The fraction of sp³-hybridized carbons (Fsp3) is 0.538. The Labute approximate surface area is 130 Å². The number of likely N-dealkylation sites (tertiary alicyclic amines) is 1. The van der Waals surface area contributed by atoms with Gasteiger partial charge in [-0.2, -0.15) is 0 Å². The molecule has 1 aliphatic rings. The van der Waals surface area contributed by atoms with Crippen LogP contribution in [-0.4, -0.2) is 47.0 Å². The van der Waals surface area contributed by atoms with E-state index >= 15 is 0 Å². The molecule has 0 aliphatic carbocycles. The Bertz CT molecular complexity index is 506. The molecule has 1 saturated heterocycles. The van der Waals surface area contributed by atoms with Crippen molar-refractivity contribution < 1.29 is 14.7 Å². The maximum absolute atomic E-state index is 12.3. The molecule has 1 atom stereocenters. The van der Waals surface area contributed by atoms with Gasteiger partial charge in [-0.3, -0.25) is 4.79 Å². The van der Waals surface area contributed by atoms with Gasteiger partial charge in [0.25, 0.3) is 0 Å². The quantitative estimate of drug-likeness (QED) is 0.901. The maximum atomic E-state index is 12.3. The lowest BCUT2D eigenvalue weighted by molar-refractivity contribution is -0.143. The van der Waals surface area contributed by atoms with E-state index in [1.165, 1.54) is 0 Å². The third kappa shape index (κ3) is 3.73. The highest BCUT2D eigenvalue weighted by Gasteiger charge is 2.29. The molecule has 20 heavy (non-hydrogen) atoms. The molecule has 1 aromatic rings. The minimum atomic E-state index is -0.813. The molecule has 5 nitrogen and oxygen atoms in total. The number of carboxylic acids is 1. The zero-order valence-electron chi connectivity index (χ0n) is 11.2. The summed E-state index contributed by atoms with van der Waals surface area (Å²) in [6.45, 7) is 1.49.